The molecule has 0 spiro atoms. The normalized spacial score (nSPS) is 10.4. The fourth-order valence-corrected chi connectivity index (χ4v) is 2.59. The minimum absolute atomic E-state index is 0.135. The topological polar surface area (TPSA) is 74.8 Å². The molecule has 2 aromatic rings. The van der Waals surface area contributed by atoms with Crippen molar-refractivity contribution in [1.29, 1.82) is 0 Å². The summed E-state index contributed by atoms with van der Waals surface area (Å²) in [6.45, 7) is 1.75. The number of carbonyl (C=O) groups is 1. The Bertz CT molecular complexity index is 734. The quantitative estimate of drug-likeness (QED) is 0.660. The molecular weight excluding hydrogens is 333 g/mol. The van der Waals surface area contributed by atoms with Crippen LogP contribution in [0.4, 0.5) is 5.69 Å². The van der Waals surface area contributed by atoms with Crippen LogP contribution in [0.2, 0.25) is 10.0 Å². The van der Waals surface area contributed by atoms with Crippen LogP contribution in [0.1, 0.15) is 5.69 Å². The third-order valence-electron chi connectivity index (χ3n) is 2.41. The molecule has 0 saturated carbocycles. The zero-order chi connectivity index (χ0) is 15.4. The van der Waals surface area contributed by atoms with Gasteiger partial charge >= 0.3 is 5.69 Å². The summed E-state index contributed by atoms with van der Waals surface area (Å²) in [4.78, 5) is 29.4. The number of nitrogens with zero attached hydrogens (tertiary/aromatic N) is 1. The van der Waals surface area contributed by atoms with Crippen molar-refractivity contribution in [1.82, 2.24) is 9.97 Å². The van der Waals surface area contributed by atoms with E-state index in [2.05, 4.69) is 15.3 Å². The lowest BCUT2D eigenvalue weighted by molar-refractivity contribution is -0.113. The molecule has 0 aliphatic carbocycles. The molecule has 0 aliphatic rings. The van der Waals surface area contributed by atoms with Crippen LogP contribution in [-0.4, -0.2) is 21.6 Å². The predicted molar refractivity (Wildman–Crippen MR) is 85.4 cm³/mol. The molecule has 8 heteroatoms. The van der Waals surface area contributed by atoms with Crippen molar-refractivity contribution in [2.75, 3.05) is 11.1 Å². The molecule has 0 atom stereocenters. The van der Waals surface area contributed by atoms with Gasteiger partial charge in [-0.2, -0.15) is 4.98 Å². The highest BCUT2D eigenvalue weighted by Gasteiger charge is 2.07. The molecule has 2 rings (SSSR count). The molecule has 110 valence electrons. The number of rotatable bonds is 4. The number of carbonyl (C=O) groups excluding carboxylic acids is 1. The van der Waals surface area contributed by atoms with Gasteiger partial charge in [0.05, 0.1) is 15.8 Å². The number of halogens is 2. The number of amides is 1. The van der Waals surface area contributed by atoms with E-state index >= 15 is 0 Å². The average Bonchev–Trinajstić information content (AvgIpc) is 2.40. The number of nitrogens with one attached hydrogen (secondary N) is 2. The van der Waals surface area contributed by atoms with E-state index in [9.17, 15) is 9.59 Å². The van der Waals surface area contributed by atoms with Crippen LogP contribution < -0.4 is 11.0 Å². The average molecular weight is 344 g/mol. The first kappa shape index (κ1) is 15.9. The third-order valence-corrected chi connectivity index (χ3v) is 4.06. The van der Waals surface area contributed by atoms with Gasteiger partial charge in [-0.25, -0.2) is 4.79 Å². The molecule has 0 bridgehead atoms. The maximum Gasteiger partial charge on any atom is 0.346 e. The molecule has 0 radical (unpaired) electrons. The maximum atomic E-state index is 11.8. The van der Waals surface area contributed by atoms with Gasteiger partial charge in [-0.05, 0) is 31.2 Å². The number of benzene rings is 1. The lowest BCUT2D eigenvalue weighted by Crippen LogP contribution is -2.16. The zero-order valence-corrected chi connectivity index (χ0v) is 13.3. The number of aromatic nitrogens is 2. The number of thioether (sulfide) groups is 1. The molecule has 5 nitrogen and oxygen atoms in total. The highest BCUT2D eigenvalue weighted by Crippen LogP contribution is 2.25. The van der Waals surface area contributed by atoms with Gasteiger partial charge in [0.1, 0.15) is 5.03 Å². The van der Waals surface area contributed by atoms with Crippen molar-refractivity contribution in [3.8, 4) is 0 Å². The summed E-state index contributed by atoms with van der Waals surface area (Å²) in [6, 6.07) is 6.54. The molecule has 0 saturated heterocycles. The van der Waals surface area contributed by atoms with Gasteiger partial charge in [0, 0.05) is 11.4 Å². The van der Waals surface area contributed by atoms with E-state index in [0.717, 1.165) is 0 Å². The van der Waals surface area contributed by atoms with Crippen molar-refractivity contribution < 1.29 is 4.79 Å². The Morgan fingerprint density at radius 3 is 2.76 bits per heavy atom. The number of aryl methyl sites for hydroxylation is 1. The van der Waals surface area contributed by atoms with Crippen molar-refractivity contribution in [2.24, 2.45) is 0 Å². The summed E-state index contributed by atoms with van der Waals surface area (Å²) >= 11 is 12.8. The number of anilines is 1. The molecule has 2 N–H and O–H groups in total. The second-order valence-corrected chi connectivity index (χ2v) is 5.98. The number of aromatic amines is 1. The highest BCUT2D eigenvalue weighted by molar-refractivity contribution is 7.99. The molecule has 1 aromatic carbocycles. The Morgan fingerprint density at radius 2 is 2.10 bits per heavy atom. The molecule has 0 unspecified atom stereocenters. The van der Waals surface area contributed by atoms with Crippen molar-refractivity contribution in [2.45, 2.75) is 11.9 Å². The number of hydrogen-bond donors (Lipinski definition) is 2. The van der Waals surface area contributed by atoms with Gasteiger partial charge in [0.15, 0.2) is 0 Å². The van der Waals surface area contributed by atoms with E-state index in [4.69, 9.17) is 23.2 Å². The maximum absolute atomic E-state index is 11.8. The Kier molecular flexibility index (Phi) is 5.27. The molecule has 1 aromatic heterocycles. The van der Waals surface area contributed by atoms with E-state index in [1.165, 1.54) is 11.8 Å². The third kappa shape index (κ3) is 4.77. The Hall–Kier alpha value is -1.50. The Balaban J connectivity index is 1.95. The first-order chi connectivity index (χ1) is 9.94. The monoisotopic (exact) mass is 343 g/mol. The summed E-state index contributed by atoms with van der Waals surface area (Å²) in [6.07, 6.45) is 0. The first-order valence-electron chi connectivity index (χ1n) is 5.90. The van der Waals surface area contributed by atoms with Crippen LogP contribution in [0.25, 0.3) is 0 Å². The van der Waals surface area contributed by atoms with Crippen LogP contribution in [0.5, 0.6) is 0 Å². The summed E-state index contributed by atoms with van der Waals surface area (Å²) < 4.78 is 0. The first-order valence-corrected chi connectivity index (χ1v) is 7.64. The predicted octanol–water partition coefficient (Wildman–Crippen LogP) is 3.12. The largest absolute Gasteiger partial charge is 0.346 e. The smallest absolute Gasteiger partial charge is 0.325 e. The van der Waals surface area contributed by atoms with Crippen molar-refractivity contribution >= 4 is 46.6 Å². The fraction of sp³-hybridized carbons (Fsp3) is 0.154. The standard InChI is InChI=1S/C13H11Cl2N3O2S/c1-7-4-12(18-13(20)16-7)21-6-11(19)17-8-2-3-9(14)10(15)5-8/h2-5H,6H2,1H3,(H,17,19)(H,16,18,20). The van der Waals surface area contributed by atoms with Gasteiger partial charge in [-0.3, -0.25) is 4.79 Å². The minimum atomic E-state index is -0.428. The van der Waals surface area contributed by atoms with E-state index in [1.54, 1.807) is 31.2 Å². The van der Waals surface area contributed by atoms with Crippen molar-refractivity contribution in [3.05, 3.63) is 50.5 Å². The van der Waals surface area contributed by atoms with Crippen molar-refractivity contribution in [3.63, 3.8) is 0 Å². The van der Waals surface area contributed by atoms with Gasteiger partial charge < -0.3 is 10.3 Å². The summed E-state index contributed by atoms with van der Waals surface area (Å²) in [5.41, 5.74) is 0.829. The van der Waals surface area contributed by atoms with Gasteiger partial charge in [0.2, 0.25) is 5.91 Å². The van der Waals surface area contributed by atoms with Gasteiger partial charge in [-0.1, -0.05) is 35.0 Å². The highest BCUT2D eigenvalue weighted by atomic mass is 35.5. The van der Waals surface area contributed by atoms with Crippen LogP contribution in [0.15, 0.2) is 34.1 Å². The second kappa shape index (κ2) is 6.98. The second-order valence-electron chi connectivity index (χ2n) is 4.17. The minimum Gasteiger partial charge on any atom is -0.325 e. The number of hydrogen-bond acceptors (Lipinski definition) is 4. The van der Waals surface area contributed by atoms with E-state index in [1.807, 2.05) is 0 Å². The van der Waals surface area contributed by atoms with E-state index in [0.29, 0.717) is 26.5 Å². The molecule has 1 amide bonds. The fourth-order valence-electron chi connectivity index (χ4n) is 1.53. The van der Waals surface area contributed by atoms with Crippen LogP contribution >= 0.6 is 35.0 Å². The summed E-state index contributed by atoms with van der Waals surface area (Å²) in [7, 11) is 0. The zero-order valence-electron chi connectivity index (χ0n) is 10.9. The molecule has 0 aliphatic heterocycles. The van der Waals surface area contributed by atoms with E-state index in [-0.39, 0.29) is 11.7 Å². The summed E-state index contributed by atoms with van der Waals surface area (Å²) in [5, 5.41) is 3.99. The van der Waals surface area contributed by atoms with E-state index < -0.39 is 5.69 Å². The number of H-pyrrole nitrogens is 1. The molecule has 1 heterocycles. The van der Waals surface area contributed by atoms with Crippen LogP contribution in [0, 0.1) is 6.92 Å². The molecular formula is C13H11Cl2N3O2S. The lowest BCUT2D eigenvalue weighted by Gasteiger charge is -2.06. The summed E-state index contributed by atoms with van der Waals surface area (Å²) in [5.74, 6) is -0.0889. The Morgan fingerprint density at radius 1 is 1.33 bits per heavy atom. The van der Waals surface area contributed by atoms with Gasteiger partial charge in [0.25, 0.3) is 0 Å². The van der Waals surface area contributed by atoms with Crippen LogP contribution in [-0.2, 0) is 4.79 Å². The molecule has 0 fully saturated rings. The SMILES string of the molecule is Cc1cc(SCC(=O)Nc2ccc(Cl)c(Cl)c2)nc(=O)[nH]1. The Labute approximate surface area is 135 Å². The van der Waals surface area contributed by atoms with Crippen LogP contribution in [0.3, 0.4) is 0 Å². The lowest BCUT2D eigenvalue weighted by atomic mass is 10.3. The van der Waals surface area contributed by atoms with Gasteiger partial charge in [-0.15, -0.1) is 0 Å². The molecule has 21 heavy (non-hydrogen) atoms.